The van der Waals surface area contributed by atoms with E-state index in [9.17, 15) is 4.79 Å². The van der Waals surface area contributed by atoms with E-state index < -0.39 is 5.54 Å². The van der Waals surface area contributed by atoms with Crippen LogP contribution in [0.25, 0.3) is 0 Å². The lowest BCUT2D eigenvalue weighted by molar-refractivity contribution is -0.148. The zero-order valence-electron chi connectivity index (χ0n) is 11.3. The first-order valence-corrected chi connectivity index (χ1v) is 6.37. The fourth-order valence-corrected chi connectivity index (χ4v) is 1.81. The molecule has 0 bridgehead atoms. The van der Waals surface area contributed by atoms with Gasteiger partial charge in [0.15, 0.2) is 0 Å². The second-order valence-corrected chi connectivity index (χ2v) is 5.33. The van der Waals surface area contributed by atoms with Crippen LogP contribution in [0.3, 0.4) is 0 Å². The van der Waals surface area contributed by atoms with Crippen LogP contribution in [0, 0.1) is 5.92 Å². The van der Waals surface area contributed by atoms with Crippen LogP contribution in [-0.4, -0.2) is 19.6 Å². The van der Waals surface area contributed by atoms with Crippen LogP contribution in [-0.2, 0) is 15.1 Å². The second kappa shape index (κ2) is 6.21. The Morgan fingerprint density at radius 2 is 1.94 bits per heavy atom. The maximum absolute atomic E-state index is 12.0. The van der Waals surface area contributed by atoms with Crippen molar-refractivity contribution < 1.29 is 9.53 Å². The standard InChI is InChI=1S/C14H20ClNO2/c1-10(2)9-16-14(3,13(17)18-4)11-5-7-12(15)8-6-11/h5-8,10,16H,9H2,1-4H3. The van der Waals surface area contributed by atoms with Crippen LogP contribution >= 0.6 is 11.6 Å². The van der Waals surface area contributed by atoms with Gasteiger partial charge in [-0.3, -0.25) is 5.32 Å². The first kappa shape index (κ1) is 15.0. The van der Waals surface area contributed by atoms with Crippen molar-refractivity contribution in [2.45, 2.75) is 26.3 Å². The molecule has 3 nitrogen and oxygen atoms in total. The molecule has 100 valence electrons. The molecule has 0 aromatic heterocycles. The van der Waals surface area contributed by atoms with Crippen molar-refractivity contribution >= 4 is 17.6 Å². The van der Waals surface area contributed by atoms with Crippen molar-refractivity contribution in [1.29, 1.82) is 0 Å². The second-order valence-electron chi connectivity index (χ2n) is 4.90. The largest absolute Gasteiger partial charge is 0.467 e. The molecule has 1 unspecified atom stereocenters. The van der Waals surface area contributed by atoms with Gasteiger partial charge in [0.05, 0.1) is 7.11 Å². The van der Waals surface area contributed by atoms with Gasteiger partial charge in [0.2, 0.25) is 0 Å². The Labute approximate surface area is 113 Å². The van der Waals surface area contributed by atoms with E-state index in [-0.39, 0.29) is 5.97 Å². The highest BCUT2D eigenvalue weighted by atomic mass is 35.5. The van der Waals surface area contributed by atoms with Crippen LogP contribution < -0.4 is 5.32 Å². The first-order valence-electron chi connectivity index (χ1n) is 5.99. The number of benzene rings is 1. The Bertz CT molecular complexity index is 403. The Balaban J connectivity index is 3.03. The molecule has 1 N–H and O–H groups in total. The molecule has 0 saturated carbocycles. The molecule has 0 fully saturated rings. The molecule has 1 aromatic carbocycles. The van der Waals surface area contributed by atoms with Crippen LogP contribution in [0.4, 0.5) is 0 Å². The molecular formula is C14H20ClNO2. The summed E-state index contributed by atoms with van der Waals surface area (Å²) in [6.45, 7) is 6.73. The smallest absolute Gasteiger partial charge is 0.330 e. The van der Waals surface area contributed by atoms with Crippen LogP contribution in [0.15, 0.2) is 24.3 Å². The third kappa shape index (κ3) is 3.47. The molecule has 0 saturated heterocycles. The third-order valence-electron chi connectivity index (χ3n) is 2.88. The number of carbonyl (C=O) groups is 1. The summed E-state index contributed by atoms with van der Waals surface area (Å²) < 4.78 is 4.90. The number of rotatable bonds is 5. The molecule has 1 aromatic rings. The van der Waals surface area contributed by atoms with Crippen molar-refractivity contribution in [1.82, 2.24) is 5.32 Å². The number of nitrogens with one attached hydrogen (secondary N) is 1. The number of ether oxygens (including phenoxy) is 1. The lowest BCUT2D eigenvalue weighted by Crippen LogP contribution is -2.48. The highest BCUT2D eigenvalue weighted by Gasteiger charge is 2.35. The predicted molar refractivity (Wildman–Crippen MR) is 73.7 cm³/mol. The molecule has 1 atom stereocenters. The molecule has 0 aliphatic carbocycles. The summed E-state index contributed by atoms with van der Waals surface area (Å²) in [5, 5.41) is 3.91. The Morgan fingerprint density at radius 1 is 1.39 bits per heavy atom. The van der Waals surface area contributed by atoms with Crippen molar-refractivity contribution in [2.75, 3.05) is 13.7 Å². The Morgan fingerprint density at radius 3 is 2.39 bits per heavy atom. The molecule has 0 aliphatic rings. The Kier molecular flexibility index (Phi) is 5.17. The van der Waals surface area contributed by atoms with Crippen LogP contribution in [0.5, 0.6) is 0 Å². The van der Waals surface area contributed by atoms with Gasteiger partial charge in [-0.15, -0.1) is 0 Å². The van der Waals surface area contributed by atoms with E-state index in [4.69, 9.17) is 16.3 Å². The van der Waals surface area contributed by atoms with Gasteiger partial charge in [-0.2, -0.15) is 0 Å². The number of carbonyl (C=O) groups excluding carboxylic acids is 1. The van der Waals surface area contributed by atoms with Crippen LogP contribution in [0.1, 0.15) is 26.3 Å². The summed E-state index contributed by atoms with van der Waals surface area (Å²) in [5.41, 5.74) is 0.00302. The Hall–Kier alpha value is -1.06. The molecule has 1 rings (SSSR count). The summed E-state index contributed by atoms with van der Waals surface area (Å²) in [6, 6.07) is 7.23. The predicted octanol–water partition coefficient (Wildman–Crippen LogP) is 2.97. The van der Waals surface area contributed by atoms with E-state index in [1.807, 2.05) is 19.1 Å². The maximum atomic E-state index is 12.0. The number of hydrogen-bond acceptors (Lipinski definition) is 3. The van der Waals surface area contributed by atoms with Gasteiger partial charge >= 0.3 is 5.97 Å². The van der Waals surface area contributed by atoms with E-state index in [0.717, 1.165) is 12.1 Å². The third-order valence-corrected chi connectivity index (χ3v) is 3.13. The van der Waals surface area contributed by atoms with Gasteiger partial charge in [0.25, 0.3) is 0 Å². The van der Waals surface area contributed by atoms with E-state index in [1.54, 1.807) is 12.1 Å². The quantitative estimate of drug-likeness (QED) is 0.835. The van der Waals surface area contributed by atoms with Gasteiger partial charge in [-0.05, 0) is 37.1 Å². The van der Waals surface area contributed by atoms with Gasteiger partial charge in [0.1, 0.15) is 5.54 Å². The van der Waals surface area contributed by atoms with E-state index >= 15 is 0 Å². The number of halogens is 1. The molecular weight excluding hydrogens is 250 g/mol. The van der Waals surface area contributed by atoms with E-state index in [0.29, 0.717) is 10.9 Å². The summed E-state index contributed by atoms with van der Waals surface area (Å²) in [6.07, 6.45) is 0. The maximum Gasteiger partial charge on any atom is 0.330 e. The summed E-state index contributed by atoms with van der Waals surface area (Å²) >= 11 is 5.87. The number of methoxy groups -OCH3 is 1. The molecule has 0 heterocycles. The normalized spacial score (nSPS) is 14.3. The summed E-state index contributed by atoms with van der Waals surface area (Å²) in [4.78, 5) is 12.0. The van der Waals surface area contributed by atoms with Gasteiger partial charge < -0.3 is 4.74 Å². The molecule has 0 spiro atoms. The van der Waals surface area contributed by atoms with Crippen LogP contribution in [0.2, 0.25) is 5.02 Å². The highest BCUT2D eigenvalue weighted by molar-refractivity contribution is 6.30. The topological polar surface area (TPSA) is 38.3 Å². The monoisotopic (exact) mass is 269 g/mol. The number of esters is 1. The van der Waals surface area contributed by atoms with Gasteiger partial charge in [-0.25, -0.2) is 4.79 Å². The zero-order valence-corrected chi connectivity index (χ0v) is 12.0. The van der Waals surface area contributed by atoms with Crippen molar-refractivity contribution in [3.63, 3.8) is 0 Å². The highest BCUT2D eigenvalue weighted by Crippen LogP contribution is 2.24. The minimum atomic E-state index is -0.844. The molecule has 0 amide bonds. The van der Waals surface area contributed by atoms with Gasteiger partial charge in [-0.1, -0.05) is 37.6 Å². The van der Waals surface area contributed by atoms with Crippen molar-refractivity contribution in [3.8, 4) is 0 Å². The fourth-order valence-electron chi connectivity index (χ4n) is 1.69. The lowest BCUT2D eigenvalue weighted by Gasteiger charge is -2.29. The average molecular weight is 270 g/mol. The number of hydrogen-bond donors (Lipinski definition) is 1. The van der Waals surface area contributed by atoms with E-state index in [1.165, 1.54) is 7.11 Å². The lowest BCUT2D eigenvalue weighted by atomic mass is 9.91. The van der Waals surface area contributed by atoms with Crippen molar-refractivity contribution in [2.24, 2.45) is 5.92 Å². The SMILES string of the molecule is COC(=O)C(C)(NCC(C)C)c1ccc(Cl)cc1. The summed E-state index contributed by atoms with van der Waals surface area (Å²) in [7, 11) is 1.40. The van der Waals surface area contributed by atoms with Gasteiger partial charge in [0, 0.05) is 5.02 Å². The zero-order chi connectivity index (χ0) is 13.8. The van der Waals surface area contributed by atoms with E-state index in [2.05, 4.69) is 19.2 Å². The molecule has 0 radical (unpaired) electrons. The average Bonchev–Trinajstić information content (AvgIpc) is 2.35. The first-order chi connectivity index (χ1) is 8.40. The van der Waals surface area contributed by atoms with Crippen molar-refractivity contribution in [3.05, 3.63) is 34.9 Å². The minimum absolute atomic E-state index is 0.300. The molecule has 0 aliphatic heterocycles. The molecule has 4 heteroatoms. The molecule has 18 heavy (non-hydrogen) atoms. The fraction of sp³-hybridized carbons (Fsp3) is 0.500. The summed E-state index contributed by atoms with van der Waals surface area (Å²) in [5.74, 6) is 0.145. The minimum Gasteiger partial charge on any atom is -0.467 e.